The van der Waals surface area contributed by atoms with E-state index < -0.39 is 10.0 Å². The smallest absolute Gasteiger partial charge is 0.253 e. The fourth-order valence-electron chi connectivity index (χ4n) is 3.02. The van der Waals surface area contributed by atoms with Crippen LogP contribution >= 0.6 is 11.3 Å². The molecule has 2 aromatic rings. The van der Waals surface area contributed by atoms with Crippen molar-refractivity contribution < 1.29 is 13.2 Å². The lowest BCUT2D eigenvalue weighted by molar-refractivity contribution is 0.0827. The van der Waals surface area contributed by atoms with Gasteiger partial charge in [-0.25, -0.2) is 13.4 Å². The van der Waals surface area contributed by atoms with Crippen molar-refractivity contribution >= 4 is 27.3 Å². The molecular weight excluding hydrogens is 358 g/mol. The van der Waals surface area contributed by atoms with E-state index in [9.17, 15) is 13.2 Å². The number of aromatic nitrogens is 1. The molecule has 1 aromatic carbocycles. The van der Waals surface area contributed by atoms with Crippen LogP contribution in [0.3, 0.4) is 0 Å². The average Bonchev–Trinajstić information content (AvgIpc) is 3.15. The summed E-state index contributed by atoms with van der Waals surface area (Å²) in [6, 6.07) is 6.04. The molecule has 134 valence electrons. The van der Waals surface area contributed by atoms with Crippen molar-refractivity contribution in [3.63, 3.8) is 0 Å². The van der Waals surface area contributed by atoms with Gasteiger partial charge in [-0.1, -0.05) is 12.5 Å². The number of amides is 1. The minimum absolute atomic E-state index is 0.156. The van der Waals surface area contributed by atoms with Gasteiger partial charge in [-0.15, -0.1) is 11.3 Å². The van der Waals surface area contributed by atoms with Crippen LogP contribution in [0.15, 0.2) is 40.7 Å². The molecule has 1 saturated heterocycles. The van der Waals surface area contributed by atoms with E-state index in [-0.39, 0.29) is 16.8 Å². The minimum Gasteiger partial charge on any atom is -0.345 e. The van der Waals surface area contributed by atoms with Gasteiger partial charge in [0.25, 0.3) is 5.91 Å². The van der Waals surface area contributed by atoms with Gasteiger partial charge in [0.05, 0.1) is 10.9 Å². The van der Waals surface area contributed by atoms with Crippen LogP contribution in [0.2, 0.25) is 0 Å². The molecule has 1 aromatic heterocycles. The predicted molar refractivity (Wildman–Crippen MR) is 97.1 cm³/mol. The van der Waals surface area contributed by atoms with Crippen molar-refractivity contribution in [1.29, 1.82) is 0 Å². The largest absolute Gasteiger partial charge is 0.345 e. The highest BCUT2D eigenvalue weighted by Crippen LogP contribution is 2.36. The van der Waals surface area contributed by atoms with Crippen LogP contribution in [0.25, 0.3) is 0 Å². The summed E-state index contributed by atoms with van der Waals surface area (Å²) in [7, 11) is -0.399. The molecule has 0 radical (unpaired) electrons. The van der Waals surface area contributed by atoms with Crippen molar-refractivity contribution in [1.82, 2.24) is 14.2 Å². The number of hydrogen-bond acceptors (Lipinski definition) is 5. The zero-order chi connectivity index (χ0) is 18.0. The van der Waals surface area contributed by atoms with Crippen molar-refractivity contribution in [2.24, 2.45) is 0 Å². The molecule has 6 nitrogen and oxygen atoms in total. The Labute approximate surface area is 152 Å². The Morgan fingerprint density at radius 3 is 2.80 bits per heavy atom. The number of sulfonamides is 1. The van der Waals surface area contributed by atoms with Gasteiger partial charge in [0.1, 0.15) is 5.01 Å². The van der Waals surface area contributed by atoms with Gasteiger partial charge in [-0.2, -0.15) is 4.31 Å². The van der Waals surface area contributed by atoms with E-state index in [1.807, 2.05) is 5.38 Å². The molecule has 25 heavy (non-hydrogen) atoms. The summed E-state index contributed by atoms with van der Waals surface area (Å²) in [6.45, 7) is 0.471. The molecule has 0 aliphatic carbocycles. The van der Waals surface area contributed by atoms with Crippen LogP contribution in [0.5, 0.6) is 0 Å². The maximum Gasteiger partial charge on any atom is 0.253 e. The summed E-state index contributed by atoms with van der Waals surface area (Å²) < 4.78 is 28.0. The molecule has 1 atom stereocenters. The summed E-state index contributed by atoms with van der Waals surface area (Å²) >= 11 is 1.48. The van der Waals surface area contributed by atoms with Crippen LogP contribution in [0, 0.1) is 0 Å². The van der Waals surface area contributed by atoms with Gasteiger partial charge in [-0.3, -0.25) is 4.79 Å². The first kappa shape index (κ1) is 18.0. The molecule has 2 heterocycles. The van der Waals surface area contributed by atoms with E-state index in [4.69, 9.17) is 0 Å². The molecule has 0 N–H and O–H groups in total. The number of thiazole rings is 1. The number of rotatable bonds is 4. The standard InChI is InChI=1S/C17H21N3O3S2/c1-19(2)17(21)13-6-5-7-14(12-13)25(22,23)20-10-4-3-8-15(20)16-18-9-11-24-16/h5-7,9,11-12,15H,3-4,8,10H2,1-2H3/t15-/m0/s1. The molecule has 1 fully saturated rings. The van der Waals surface area contributed by atoms with Crippen molar-refractivity contribution in [3.05, 3.63) is 46.4 Å². The summed E-state index contributed by atoms with van der Waals surface area (Å²) in [5.74, 6) is -0.216. The Morgan fingerprint density at radius 1 is 1.32 bits per heavy atom. The molecule has 0 spiro atoms. The third kappa shape index (κ3) is 3.61. The van der Waals surface area contributed by atoms with Gasteiger partial charge in [0, 0.05) is 37.8 Å². The summed E-state index contributed by atoms with van der Waals surface area (Å²) in [4.78, 5) is 18.1. The molecule has 0 bridgehead atoms. The summed E-state index contributed by atoms with van der Waals surface area (Å²) in [6.07, 6.45) is 4.28. The fourth-order valence-corrected chi connectivity index (χ4v) is 5.58. The van der Waals surface area contributed by atoms with Crippen LogP contribution in [0.4, 0.5) is 0 Å². The molecule has 3 rings (SSSR count). The fraction of sp³-hybridized carbons (Fsp3) is 0.412. The third-order valence-electron chi connectivity index (χ3n) is 4.28. The van der Waals surface area contributed by atoms with Crippen LogP contribution in [-0.2, 0) is 10.0 Å². The van der Waals surface area contributed by atoms with E-state index in [0.717, 1.165) is 24.3 Å². The zero-order valence-electron chi connectivity index (χ0n) is 14.3. The van der Waals surface area contributed by atoms with E-state index in [1.165, 1.54) is 26.6 Å². The first-order valence-corrected chi connectivity index (χ1v) is 10.5. The number of carbonyl (C=O) groups is 1. The Bertz CT molecular complexity index is 848. The number of nitrogens with zero attached hydrogens (tertiary/aromatic N) is 3. The monoisotopic (exact) mass is 379 g/mol. The Morgan fingerprint density at radius 2 is 2.12 bits per heavy atom. The lowest BCUT2D eigenvalue weighted by Gasteiger charge is -2.33. The van der Waals surface area contributed by atoms with Gasteiger partial charge in [0.2, 0.25) is 10.0 Å². The molecule has 1 aliphatic rings. The van der Waals surface area contributed by atoms with Crippen molar-refractivity contribution in [3.8, 4) is 0 Å². The molecule has 8 heteroatoms. The van der Waals surface area contributed by atoms with Crippen molar-refractivity contribution in [2.45, 2.75) is 30.2 Å². The SMILES string of the molecule is CN(C)C(=O)c1cccc(S(=O)(=O)N2CCCC[C@H]2c2nccs2)c1. The second kappa shape index (κ2) is 7.23. The van der Waals surface area contributed by atoms with Crippen molar-refractivity contribution in [2.75, 3.05) is 20.6 Å². The van der Waals surface area contributed by atoms with Gasteiger partial charge in [0.15, 0.2) is 0 Å². The summed E-state index contributed by atoms with van der Waals surface area (Å²) in [5.41, 5.74) is 0.369. The van der Waals surface area contributed by atoms with E-state index in [0.29, 0.717) is 12.1 Å². The second-order valence-corrected chi connectivity index (χ2v) is 9.04. The van der Waals surface area contributed by atoms with Gasteiger partial charge < -0.3 is 4.90 Å². The Balaban J connectivity index is 1.97. The number of benzene rings is 1. The normalized spacial score (nSPS) is 18.9. The Hall–Kier alpha value is -1.77. The van der Waals surface area contributed by atoms with Gasteiger partial charge >= 0.3 is 0 Å². The average molecular weight is 380 g/mol. The number of hydrogen-bond donors (Lipinski definition) is 0. The quantitative estimate of drug-likeness (QED) is 0.819. The van der Waals surface area contributed by atoms with Gasteiger partial charge in [-0.05, 0) is 31.0 Å². The maximum absolute atomic E-state index is 13.2. The van der Waals surface area contributed by atoms with E-state index in [1.54, 1.807) is 38.5 Å². The zero-order valence-corrected chi connectivity index (χ0v) is 15.9. The number of piperidine rings is 1. The highest BCUT2D eigenvalue weighted by molar-refractivity contribution is 7.89. The molecule has 1 amide bonds. The highest BCUT2D eigenvalue weighted by atomic mass is 32.2. The van der Waals surface area contributed by atoms with Crippen LogP contribution in [0.1, 0.15) is 40.7 Å². The molecular formula is C17H21N3O3S2. The Kier molecular flexibility index (Phi) is 5.21. The molecule has 0 saturated carbocycles. The predicted octanol–water partition coefficient (Wildman–Crippen LogP) is 2.76. The maximum atomic E-state index is 13.2. The lowest BCUT2D eigenvalue weighted by Crippen LogP contribution is -2.38. The third-order valence-corrected chi connectivity index (χ3v) is 7.06. The molecule has 0 unspecified atom stereocenters. The first-order valence-electron chi connectivity index (χ1n) is 8.14. The van der Waals surface area contributed by atoms with Crippen LogP contribution < -0.4 is 0 Å². The lowest BCUT2D eigenvalue weighted by atomic mass is 10.1. The van der Waals surface area contributed by atoms with Crippen LogP contribution in [-0.4, -0.2) is 49.2 Å². The van der Waals surface area contributed by atoms with E-state index >= 15 is 0 Å². The van der Waals surface area contributed by atoms with E-state index in [2.05, 4.69) is 4.98 Å². The molecule has 1 aliphatic heterocycles. The number of carbonyl (C=O) groups excluding carboxylic acids is 1. The highest BCUT2D eigenvalue weighted by Gasteiger charge is 2.35. The second-order valence-electron chi connectivity index (χ2n) is 6.23. The first-order chi connectivity index (χ1) is 11.9. The summed E-state index contributed by atoms with van der Waals surface area (Å²) in [5, 5.41) is 2.69. The minimum atomic E-state index is -3.69. The topological polar surface area (TPSA) is 70.6 Å².